The van der Waals surface area contributed by atoms with Crippen molar-refractivity contribution in [1.82, 2.24) is 34.6 Å². The van der Waals surface area contributed by atoms with Gasteiger partial charge in [0.15, 0.2) is 5.82 Å². The fourth-order valence-corrected chi connectivity index (χ4v) is 5.49. The molecular formula is C27H25N7O3. The first kappa shape index (κ1) is 21.9. The van der Waals surface area contributed by atoms with E-state index in [1.807, 2.05) is 25.1 Å². The number of aryl methyl sites for hydroxylation is 1. The number of aromatic nitrogens is 6. The second-order valence-corrected chi connectivity index (χ2v) is 9.99. The van der Waals surface area contributed by atoms with Gasteiger partial charge in [-0.1, -0.05) is 12.1 Å². The van der Waals surface area contributed by atoms with Crippen LogP contribution in [-0.4, -0.2) is 59.9 Å². The van der Waals surface area contributed by atoms with Crippen LogP contribution in [-0.2, 0) is 6.54 Å². The van der Waals surface area contributed by atoms with Gasteiger partial charge < -0.3 is 9.72 Å². The molecule has 3 atom stereocenters. The Morgan fingerprint density at radius 1 is 1.11 bits per heavy atom. The van der Waals surface area contributed by atoms with Gasteiger partial charge in [-0.25, -0.2) is 15.0 Å². The Balaban J connectivity index is 1.51. The molecule has 10 heteroatoms. The molecule has 2 N–H and O–H groups in total. The second kappa shape index (κ2) is 8.10. The molecule has 6 bridgehead atoms. The number of para-hydroxylation sites is 1. The third-order valence-electron chi connectivity index (χ3n) is 7.41. The summed E-state index contributed by atoms with van der Waals surface area (Å²) in [7, 11) is 0. The summed E-state index contributed by atoms with van der Waals surface area (Å²) in [6, 6.07) is 9.39. The van der Waals surface area contributed by atoms with Gasteiger partial charge in [-0.15, -0.1) is 0 Å². The van der Waals surface area contributed by atoms with E-state index >= 15 is 0 Å². The molecule has 186 valence electrons. The average molecular weight is 496 g/mol. The molecule has 5 heterocycles. The molecule has 2 aliphatic rings. The Kier molecular flexibility index (Phi) is 4.80. The normalized spacial score (nSPS) is 21.0. The van der Waals surface area contributed by atoms with E-state index in [-0.39, 0.29) is 22.9 Å². The molecule has 0 radical (unpaired) electrons. The van der Waals surface area contributed by atoms with Gasteiger partial charge in [0.2, 0.25) is 0 Å². The Labute approximate surface area is 210 Å². The molecule has 0 spiro atoms. The molecule has 0 amide bonds. The molecule has 5 aromatic rings. The molecule has 0 aliphatic carbocycles. The van der Waals surface area contributed by atoms with Crippen LogP contribution in [0, 0.1) is 6.92 Å². The lowest BCUT2D eigenvalue weighted by Crippen LogP contribution is -2.33. The first-order valence-electron chi connectivity index (χ1n) is 12.4. The molecule has 2 aliphatic heterocycles. The summed E-state index contributed by atoms with van der Waals surface area (Å²) in [6.07, 6.45) is 4.30. The van der Waals surface area contributed by atoms with Crippen molar-refractivity contribution in [2.45, 2.75) is 39.0 Å². The summed E-state index contributed by atoms with van der Waals surface area (Å²) in [5.41, 5.74) is 3.73. The molecule has 1 saturated heterocycles. The quantitative estimate of drug-likeness (QED) is 0.367. The molecule has 0 saturated carbocycles. The van der Waals surface area contributed by atoms with Gasteiger partial charge in [0, 0.05) is 49.1 Å². The summed E-state index contributed by atoms with van der Waals surface area (Å²) in [6.45, 7) is 6.06. The van der Waals surface area contributed by atoms with Crippen molar-refractivity contribution < 1.29 is 4.74 Å². The van der Waals surface area contributed by atoms with Crippen molar-refractivity contribution in [3.63, 3.8) is 0 Å². The maximum absolute atomic E-state index is 13.3. The maximum atomic E-state index is 13.3. The van der Waals surface area contributed by atoms with E-state index in [2.05, 4.69) is 31.9 Å². The lowest BCUT2D eigenvalue weighted by Gasteiger charge is -2.21. The van der Waals surface area contributed by atoms with E-state index < -0.39 is 0 Å². The van der Waals surface area contributed by atoms with Gasteiger partial charge >= 0.3 is 0 Å². The van der Waals surface area contributed by atoms with Gasteiger partial charge in [-0.2, -0.15) is 0 Å². The smallest absolute Gasteiger partial charge is 0.275 e. The number of rotatable bonds is 1. The van der Waals surface area contributed by atoms with Gasteiger partial charge in [0.25, 0.3) is 11.1 Å². The van der Waals surface area contributed by atoms with Crippen molar-refractivity contribution in [3.05, 3.63) is 69.0 Å². The predicted octanol–water partition coefficient (Wildman–Crippen LogP) is 2.85. The molecule has 2 unspecified atom stereocenters. The fraction of sp³-hybridized carbons (Fsp3) is 0.296. The molecule has 7 rings (SSSR count). The molecule has 2 aromatic carbocycles. The standard InChI is InChI=1S/C27H25N7O3/c1-14-11-28-25(29-12-14)16-9-20-24-21(10-16)37-17-8-15(2)33(13-17)6-7-34-27(36)19-5-3-4-18(22(19)32-34)23(31-24)26(35)30-20/h3-5,9-12,15,17,32H,6-8,13H2,1-2H3,(H,30,35)/t15-,17?/m1/s1. The Bertz CT molecular complexity index is 1800. The lowest BCUT2D eigenvalue weighted by molar-refractivity contribution is 0.195. The molecule has 10 nitrogen and oxygen atoms in total. The minimum absolute atomic E-state index is 0.0636. The number of nitrogens with one attached hydrogen (secondary N) is 2. The summed E-state index contributed by atoms with van der Waals surface area (Å²) in [5.74, 6) is 1.12. The van der Waals surface area contributed by atoms with Crippen LogP contribution >= 0.6 is 0 Å². The van der Waals surface area contributed by atoms with E-state index in [0.717, 1.165) is 24.1 Å². The van der Waals surface area contributed by atoms with E-state index in [4.69, 9.17) is 9.72 Å². The van der Waals surface area contributed by atoms with Crippen LogP contribution in [0.5, 0.6) is 5.75 Å². The predicted molar refractivity (Wildman–Crippen MR) is 140 cm³/mol. The summed E-state index contributed by atoms with van der Waals surface area (Å²) < 4.78 is 8.20. The van der Waals surface area contributed by atoms with Crippen LogP contribution in [0.1, 0.15) is 18.9 Å². The largest absolute Gasteiger partial charge is 0.487 e. The highest BCUT2D eigenvalue weighted by molar-refractivity contribution is 5.94. The van der Waals surface area contributed by atoms with Crippen LogP contribution in [0.25, 0.3) is 44.6 Å². The first-order chi connectivity index (χ1) is 17.9. The molecule has 3 aromatic heterocycles. The lowest BCUT2D eigenvalue weighted by atomic mass is 10.1. The average Bonchev–Trinajstić information content (AvgIpc) is 3.40. The van der Waals surface area contributed by atoms with Gasteiger partial charge in [-0.3, -0.25) is 24.3 Å². The van der Waals surface area contributed by atoms with Crippen LogP contribution in [0.2, 0.25) is 0 Å². The number of nitrogens with zero attached hydrogens (tertiary/aromatic N) is 5. The highest BCUT2D eigenvalue weighted by Gasteiger charge is 2.31. The molecule has 37 heavy (non-hydrogen) atoms. The van der Waals surface area contributed by atoms with Gasteiger partial charge in [0.05, 0.1) is 23.0 Å². The Morgan fingerprint density at radius 3 is 2.78 bits per heavy atom. The zero-order valence-corrected chi connectivity index (χ0v) is 20.5. The van der Waals surface area contributed by atoms with E-state index in [0.29, 0.717) is 58.2 Å². The highest BCUT2D eigenvalue weighted by Crippen LogP contribution is 2.33. The van der Waals surface area contributed by atoms with Gasteiger partial charge in [0.1, 0.15) is 23.1 Å². The number of hydrogen-bond donors (Lipinski definition) is 2. The summed E-state index contributed by atoms with van der Waals surface area (Å²) in [5, 5.41) is 3.77. The number of benzene rings is 2. The van der Waals surface area contributed by atoms with Crippen LogP contribution < -0.4 is 15.9 Å². The number of fused-ring (bicyclic) bond motifs is 5. The molecule has 1 fully saturated rings. The Hall–Kier alpha value is -4.31. The summed E-state index contributed by atoms with van der Waals surface area (Å²) in [4.78, 5) is 45.6. The van der Waals surface area contributed by atoms with Crippen molar-refractivity contribution >= 4 is 21.9 Å². The monoisotopic (exact) mass is 495 g/mol. The fourth-order valence-electron chi connectivity index (χ4n) is 5.49. The SMILES string of the molecule is Cc1cnc(-c2cc3c4nc(c(=O)[nH]c4c2)-c2cccc4c(=O)n([nH]c24)CCN2CC(C[C@H]2C)O3)nc1. The van der Waals surface area contributed by atoms with Gasteiger partial charge in [-0.05, 0) is 37.6 Å². The van der Waals surface area contributed by atoms with Crippen LogP contribution in [0.15, 0.2) is 52.3 Å². The number of H-pyrrole nitrogens is 2. The zero-order valence-electron chi connectivity index (χ0n) is 20.5. The highest BCUT2D eigenvalue weighted by atomic mass is 16.5. The van der Waals surface area contributed by atoms with E-state index in [9.17, 15) is 9.59 Å². The second-order valence-electron chi connectivity index (χ2n) is 9.99. The van der Waals surface area contributed by atoms with Crippen LogP contribution in [0.4, 0.5) is 0 Å². The van der Waals surface area contributed by atoms with E-state index in [1.165, 1.54) is 0 Å². The van der Waals surface area contributed by atoms with Crippen LogP contribution in [0.3, 0.4) is 0 Å². The zero-order chi connectivity index (χ0) is 25.3. The number of aromatic amines is 2. The summed E-state index contributed by atoms with van der Waals surface area (Å²) >= 11 is 0. The van der Waals surface area contributed by atoms with E-state index in [1.54, 1.807) is 29.2 Å². The third kappa shape index (κ3) is 3.55. The van der Waals surface area contributed by atoms with Crippen molar-refractivity contribution in [2.75, 3.05) is 13.1 Å². The minimum atomic E-state index is -0.353. The Morgan fingerprint density at radius 2 is 1.95 bits per heavy atom. The first-order valence-corrected chi connectivity index (χ1v) is 12.4. The van der Waals surface area contributed by atoms with Crippen molar-refractivity contribution in [2.24, 2.45) is 0 Å². The van der Waals surface area contributed by atoms with Crippen molar-refractivity contribution in [1.29, 1.82) is 0 Å². The molecular weight excluding hydrogens is 470 g/mol. The number of ether oxygens (including phenoxy) is 1. The number of hydrogen-bond acceptors (Lipinski definition) is 7. The maximum Gasteiger partial charge on any atom is 0.275 e. The topological polar surface area (TPSA) is 122 Å². The minimum Gasteiger partial charge on any atom is -0.487 e. The third-order valence-corrected chi connectivity index (χ3v) is 7.41. The van der Waals surface area contributed by atoms with Crippen molar-refractivity contribution in [3.8, 4) is 28.4 Å².